The van der Waals surface area contributed by atoms with E-state index in [1.165, 1.54) is 64.2 Å². The molecule has 0 atom stereocenters. The molecule has 0 aromatic carbocycles. The fourth-order valence-corrected chi connectivity index (χ4v) is 3.10. The molecule has 3 nitrogen and oxygen atoms in total. The first kappa shape index (κ1) is 21.6. The van der Waals surface area contributed by atoms with Crippen molar-refractivity contribution in [2.24, 2.45) is 0 Å². The maximum Gasteiger partial charge on any atom is 0.101 e. The minimum Gasteiger partial charge on any atom is -0.373 e. The number of pyridine rings is 1. The lowest BCUT2D eigenvalue weighted by Gasteiger charge is -2.18. The molecule has 3 heteroatoms. The van der Waals surface area contributed by atoms with Crippen LogP contribution in [0.5, 0.6) is 0 Å². The van der Waals surface area contributed by atoms with Crippen molar-refractivity contribution in [3.8, 4) is 6.07 Å². The molecule has 0 saturated heterocycles. The zero-order valence-corrected chi connectivity index (χ0v) is 16.3. The summed E-state index contributed by atoms with van der Waals surface area (Å²) in [7, 11) is 0. The predicted molar refractivity (Wildman–Crippen MR) is 104 cm³/mol. The van der Waals surface area contributed by atoms with Gasteiger partial charge >= 0.3 is 0 Å². The highest BCUT2D eigenvalue weighted by Crippen LogP contribution is 2.18. The molecule has 0 saturated carbocycles. The van der Waals surface area contributed by atoms with Gasteiger partial charge in [0.25, 0.3) is 0 Å². The number of nitriles is 1. The number of unbranched alkanes of at least 4 members (excludes halogenated alkanes) is 8. The first-order valence-corrected chi connectivity index (χ1v) is 10.3. The molecule has 0 aliphatic heterocycles. The topological polar surface area (TPSA) is 45.9 Å². The summed E-state index contributed by atoms with van der Waals surface area (Å²) in [5.74, 6) is 0. The van der Waals surface area contributed by atoms with Crippen molar-refractivity contribution in [3.63, 3.8) is 0 Å². The minimum atomic E-state index is 0.342. The number of rotatable bonds is 15. The summed E-state index contributed by atoms with van der Waals surface area (Å²) in [5.41, 5.74) is 1.61. The summed E-state index contributed by atoms with van der Waals surface area (Å²) in [6.45, 7) is 5.08. The smallest absolute Gasteiger partial charge is 0.101 e. The van der Waals surface area contributed by atoms with Crippen molar-refractivity contribution < 1.29 is 4.74 Å². The summed E-state index contributed by atoms with van der Waals surface area (Å²) in [5, 5.41) is 8.98. The molecule has 0 fully saturated rings. The van der Waals surface area contributed by atoms with Gasteiger partial charge in [-0.1, -0.05) is 78.1 Å². The lowest BCUT2D eigenvalue weighted by Crippen LogP contribution is -2.13. The van der Waals surface area contributed by atoms with Gasteiger partial charge in [-0.05, 0) is 24.5 Å². The van der Waals surface area contributed by atoms with Crippen molar-refractivity contribution in [1.29, 1.82) is 5.26 Å². The van der Waals surface area contributed by atoms with E-state index in [1.54, 1.807) is 12.4 Å². The molecule has 0 radical (unpaired) electrons. The molecule has 0 amide bonds. The number of ether oxygens (including phenoxy) is 1. The van der Waals surface area contributed by atoms with E-state index in [1.807, 2.05) is 6.07 Å². The highest BCUT2D eigenvalue weighted by Gasteiger charge is 2.10. The fraction of sp³-hybridized carbons (Fsp3) is 0.727. The Morgan fingerprint density at radius 3 is 2.08 bits per heavy atom. The van der Waals surface area contributed by atoms with Crippen LogP contribution in [-0.4, -0.2) is 11.1 Å². The number of nitrogens with zero attached hydrogens (tertiary/aromatic N) is 2. The Hall–Kier alpha value is -1.40. The molecule has 25 heavy (non-hydrogen) atoms. The van der Waals surface area contributed by atoms with Crippen molar-refractivity contribution >= 4 is 0 Å². The highest BCUT2D eigenvalue weighted by atomic mass is 16.5. The van der Waals surface area contributed by atoms with Crippen LogP contribution >= 0.6 is 0 Å². The molecular formula is C22H36N2O. The third-order valence-corrected chi connectivity index (χ3v) is 4.67. The van der Waals surface area contributed by atoms with E-state index in [2.05, 4.69) is 24.9 Å². The number of aromatic nitrogens is 1. The van der Waals surface area contributed by atoms with Gasteiger partial charge in [0, 0.05) is 12.4 Å². The first-order valence-electron chi connectivity index (χ1n) is 10.3. The summed E-state index contributed by atoms with van der Waals surface area (Å²) in [4.78, 5) is 4.12. The van der Waals surface area contributed by atoms with Crippen molar-refractivity contribution in [2.75, 3.05) is 0 Å². The van der Waals surface area contributed by atoms with E-state index in [0.717, 1.165) is 18.4 Å². The molecule has 1 heterocycles. The lowest BCUT2D eigenvalue weighted by molar-refractivity contribution is 0.0259. The number of hydrogen-bond donors (Lipinski definition) is 0. The van der Waals surface area contributed by atoms with E-state index < -0.39 is 0 Å². The zero-order chi connectivity index (χ0) is 18.2. The van der Waals surface area contributed by atoms with Crippen molar-refractivity contribution in [2.45, 2.75) is 104 Å². The molecule has 0 bridgehead atoms. The summed E-state index contributed by atoms with van der Waals surface area (Å²) >= 11 is 0. The molecular weight excluding hydrogens is 308 g/mol. The monoisotopic (exact) mass is 344 g/mol. The van der Waals surface area contributed by atoms with Gasteiger partial charge in [0.1, 0.15) is 6.07 Å². The van der Waals surface area contributed by atoms with Crippen molar-refractivity contribution in [1.82, 2.24) is 4.98 Å². The average molecular weight is 345 g/mol. The molecule has 0 spiro atoms. The fourth-order valence-electron chi connectivity index (χ4n) is 3.10. The van der Waals surface area contributed by atoms with E-state index >= 15 is 0 Å². The van der Waals surface area contributed by atoms with E-state index in [9.17, 15) is 0 Å². The Morgan fingerprint density at radius 2 is 1.52 bits per heavy atom. The Kier molecular flexibility index (Phi) is 12.9. The maximum atomic E-state index is 8.98. The largest absolute Gasteiger partial charge is 0.373 e. The van der Waals surface area contributed by atoms with Crippen LogP contribution in [0.25, 0.3) is 0 Å². The number of hydrogen-bond acceptors (Lipinski definition) is 3. The van der Waals surface area contributed by atoms with Gasteiger partial charge in [-0.15, -0.1) is 0 Å². The molecule has 1 aromatic heterocycles. The average Bonchev–Trinajstić information content (AvgIpc) is 2.65. The highest BCUT2D eigenvalue weighted by molar-refractivity contribution is 5.28. The molecule has 1 aromatic rings. The quantitative estimate of drug-likeness (QED) is 0.338. The van der Waals surface area contributed by atoms with E-state index in [4.69, 9.17) is 10.00 Å². The summed E-state index contributed by atoms with van der Waals surface area (Å²) < 4.78 is 6.19. The Balaban J connectivity index is 2.38. The zero-order valence-electron chi connectivity index (χ0n) is 16.3. The summed E-state index contributed by atoms with van der Waals surface area (Å²) in [6, 6.07) is 4.03. The first-order chi connectivity index (χ1) is 12.3. The minimum absolute atomic E-state index is 0.342. The van der Waals surface area contributed by atoms with Crippen molar-refractivity contribution in [3.05, 3.63) is 29.6 Å². The molecule has 0 aliphatic rings. The Bertz CT molecular complexity index is 467. The van der Waals surface area contributed by atoms with Crippen LogP contribution in [0.1, 0.15) is 102 Å². The Labute approximate surface area is 154 Å². The third kappa shape index (κ3) is 10.9. The van der Waals surface area contributed by atoms with Gasteiger partial charge in [0.15, 0.2) is 0 Å². The van der Waals surface area contributed by atoms with Gasteiger partial charge in [-0.25, -0.2) is 0 Å². The SMILES string of the molecule is CCCCCCCC(CCCCCCC)OCc1cncc(C#N)c1. The lowest BCUT2D eigenvalue weighted by atomic mass is 10.0. The van der Waals surface area contributed by atoms with E-state index in [-0.39, 0.29) is 0 Å². The van der Waals surface area contributed by atoms with Crippen LogP contribution in [0.3, 0.4) is 0 Å². The van der Waals surface area contributed by atoms with Crippen LogP contribution in [0, 0.1) is 11.3 Å². The standard InChI is InChI=1S/C22H36N2O/c1-3-5-7-9-11-13-22(14-12-10-8-6-4-2)25-19-21-15-20(16-23)17-24-18-21/h15,17-18,22H,3-14,19H2,1-2H3. The second-order valence-electron chi connectivity index (χ2n) is 7.03. The van der Waals surface area contributed by atoms with Crippen LogP contribution in [0.2, 0.25) is 0 Å². The van der Waals surface area contributed by atoms with Crippen LogP contribution in [0.4, 0.5) is 0 Å². The summed E-state index contributed by atoms with van der Waals surface area (Å²) in [6.07, 6.45) is 19.2. The molecule has 0 N–H and O–H groups in total. The molecule has 1 rings (SSSR count). The van der Waals surface area contributed by atoms with Gasteiger partial charge in [-0.3, -0.25) is 4.98 Å². The van der Waals surface area contributed by atoms with Crippen LogP contribution in [0.15, 0.2) is 18.5 Å². The second kappa shape index (κ2) is 14.9. The third-order valence-electron chi connectivity index (χ3n) is 4.67. The van der Waals surface area contributed by atoms with Gasteiger partial charge in [0.05, 0.1) is 18.3 Å². The predicted octanol–water partition coefficient (Wildman–Crippen LogP) is 6.56. The normalized spacial score (nSPS) is 11.0. The molecule has 0 unspecified atom stereocenters. The van der Waals surface area contributed by atoms with Gasteiger partial charge < -0.3 is 4.74 Å². The molecule has 140 valence electrons. The van der Waals surface area contributed by atoms with E-state index in [0.29, 0.717) is 18.3 Å². The van der Waals surface area contributed by atoms with Gasteiger partial charge in [-0.2, -0.15) is 5.26 Å². The van der Waals surface area contributed by atoms with Gasteiger partial charge in [0.2, 0.25) is 0 Å². The molecule has 0 aliphatic carbocycles. The Morgan fingerprint density at radius 1 is 0.920 bits per heavy atom. The maximum absolute atomic E-state index is 8.98. The van der Waals surface area contributed by atoms with Crippen LogP contribution in [-0.2, 0) is 11.3 Å². The second-order valence-corrected chi connectivity index (χ2v) is 7.03. The van der Waals surface area contributed by atoms with Crippen LogP contribution < -0.4 is 0 Å².